The average molecular weight is 236 g/mol. The van der Waals surface area contributed by atoms with E-state index in [9.17, 15) is 13.2 Å². The molecule has 0 saturated heterocycles. The summed E-state index contributed by atoms with van der Waals surface area (Å²) >= 11 is 1.34. The second-order valence-electron chi connectivity index (χ2n) is 2.45. The number of thiazole rings is 1. The number of nitrogens with one attached hydrogen (secondary N) is 1. The van der Waals surface area contributed by atoms with Gasteiger partial charge in [0.25, 0.3) is 0 Å². The van der Waals surface area contributed by atoms with Crippen LogP contribution in [-0.2, 0) is 21.4 Å². The van der Waals surface area contributed by atoms with Gasteiger partial charge in [0.05, 0.1) is 17.7 Å². The van der Waals surface area contributed by atoms with Gasteiger partial charge in [0.2, 0.25) is 10.0 Å². The molecule has 0 atom stereocenters. The number of sulfonamides is 1. The third-order valence-electron chi connectivity index (χ3n) is 1.27. The largest absolute Gasteiger partial charge is 0.480 e. The molecule has 1 rings (SSSR count). The first-order chi connectivity index (χ1) is 6.49. The smallest absolute Gasteiger partial charge is 0.320 e. The van der Waals surface area contributed by atoms with Crippen LogP contribution in [0.4, 0.5) is 0 Å². The van der Waals surface area contributed by atoms with Gasteiger partial charge >= 0.3 is 5.97 Å². The lowest BCUT2D eigenvalue weighted by Gasteiger charge is -2.01. The second-order valence-corrected chi connectivity index (χ2v) is 4.98. The van der Waals surface area contributed by atoms with Crippen LogP contribution >= 0.6 is 11.3 Å². The molecule has 0 fully saturated rings. The molecule has 78 valence electrons. The van der Waals surface area contributed by atoms with Gasteiger partial charge in [-0.3, -0.25) is 4.79 Å². The van der Waals surface area contributed by atoms with Crippen molar-refractivity contribution in [2.45, 2.75) is 6.54 Å². The van der Waals surface area contributed by atoms with Gasteiger partial charge in [-0.15, -0.1) is 11.3 Å². The van der Waals surface area contributed by atoms with E-state index in [0.717, 1.165) is 0 Å². The Labute approximate surface area is 84.7 Å². The number of carbonyl (C=O) groups is 1. The summed E-state index contributed by atoms with van der Waals surface area (Å²) in [6, 6.07) is 0. The van der Waals surface area contributed by atoms with Crippen LogP contribution in [0.1, 0.15) is 5.69 Å². The maximum Gasteiger partial charge on any atom is 0.320 e. The highest BCUT2D eigenvalue weighted by atomic mass is 32.2. The van der Waals surface area contributed by atoms with E-state index in [2.05, 4.69) is 9.71 Å². The van der Waals surface area contributed by atoms with Crippen LogP contribution in [0.2, 0.25) is 0 Å². The SMILES string of the molecule is O=C(O)CS(=O)(=O)NCc1cscn1. The van der Waals surface area contributed by atoms with Crippen LogP contribution in [-0.4, -0.2) is 30.2 Å². The molecule has 0 aliphatic rings. The Morgan fingerprint density at radius 2 is 2.36 bits per heavy atom. The molecule has 0 unspecified atom stereocenters. The van der Waals surface area contributed by atoms with Crippen molar-refractivity contribution in [3.05, 3.63) is 16.6 Å². The fourth-order valence-electron chi connectivity index (χ4n) is 0.722. The zero-order valence-electron chi connectivity index (χ0n) is 7.00. The minimum absolute atomic E-state index is 0.0269. The van der Waals surface area contributed by atoms with Crippen molar-refractivity contribution in [3.63, 3.8) is 0 Å². The van der Waals surface area contributed by atoms with E-state index in [4.69, 9.17) is 5.11 Å². The Hall–Kier alpha value is -0.990. The first-order valence-electron chi connectivity index (χ1n) is 3.56. The lowest BCUT2D eigenvalue weighted by molar-refractivity contribution is -0.134. The van der Waals surface area contributed by atoms with E-state index < -0.39 is 21.7 Å². The molecular formula is C6H8N2O4S2. The maximum atomic E-state index is 11.0. The molecule has 1 aromatic heterocycles. The standard InChI is InChI=1S/C6H8N2O4S2/c9-6(10)3-14(11,12)8-1-5-2-13-4-7-5/h2,4,8H,1,3H2,(H,9,10). The first kappa shape index (κ1) is 11.1. The molecule has 0 aliphatic carbocycles. The molecule has 14 heavy (non-hydrogen) atoms. The van der Waals surface area contributed by atoms with Crippen molar-refractivity contribution in [3.8, 4) is 0 Å². The normalized spacial score (nSPS) is 11.4. The Morgan fingerprint density at radius 3 is 2.86 bits per heavy atom. The topological polar surface area (TPSA) is 96.4 Å². The van der Waals surface area contributed by atoms with Crippen molar-refractivity contribution < 1.29 is 18.3 Å². The summed E-state index contributed by atoms with van der Waals surface area (Å²) in [6.07, 6.45) is 0. The molecular weight excluding hydrogens is 228 g/mol. The predicted octanol–water partition coefficient (Wildman–Crippen LogP) is -0.353. The predicted molar refractivity (Wildman–Crippen MR) is 50.4 cm³/mol. The molecule has 0 aromatic carbocycles. The van der Waals surface area contributed by atoms with E-state index in [0.29, 0.717) is 5.69 Å². The molecule has 8 heteroatoms. The number of rotatable bonds is 5. The quantitative estimate of drug-likeness (QED) is 0.728. The van der Waals surface area contributed by atoms with Crippen LogP contribution in [0.25, 0.3) is 0 Å². The van der Waals surface area contributed by atoms with Crippen molar-refractivity contribution in [2.75, 3.05) is 5.75 Å². The molecule has 0 amide bonds. The van der Waals surface area contributed by atoms with Crippen molar-refractivity contribution >= 4 is 27.3 Å². The Balaban J connectivity index is 2.49. The number of aromatic nitrogens is 1. The van der Waals surface area contributed by atoms with Gasteiger partial charge in [-0.2, -0.15) is 0 Å². The minimum atomic E-state index is -3.74. The third-order valence-corrected chi connectivity index (χ3v) is 3.12. The van der Waals surface area contributed by atoms with Crippen LogP contribution in [0, 0.1) is 0 Å². The van der Waals surface area contributed by atoms with E-state index in [-0.39, 0.29) is 6.54 Å². The zero-order valence-corrected chi connectivity index (χ0v) is 8.64. The van der Waals surface area contributed by atoms with Gasteiger partial charge in [0.15, 0.2) is 5.75 Å². The molecule has 0 radical (unpaired) electrons. The van der Waals surface area contributed by atoms with Gasteiger partial charge in [-0.25, -0.2) is 18.1 Å². The monoisotopic (exact) mass is 236 g/mol. The number of carboxylic acids is 1. The number of hydrogen-bond donors (Lipinski definition) is 2. The van der Waals surface area contributed by atoms with E-state index in [1.54, 1.807) is 10.9 Å². The van der Waals surface area contributed by atoms with E-state index in [1.807, 2.05) is 0 Å². The zero-order chi connectivity index (χ0) is 10.6. The van der Waals surface area contributed by atoms with Crippen LogP contribution in [0.15, 0.2) is 10.9 Å². The molecule has 0 aliphatic heterocycles. The van der Waals surface area contributed by atoms with Gasteiger partial charge in [0, 0.05) is 5.38 Å². The van der Waals surface area contributed by atoms with Gasteiger partial charge in [-0.05, 0) is 0 Å². The maximum absolute atomic E-state index is 11.0. The Kier molecular flexibility index (Phi) is 3.55. The van der Waals surface area contributed by atoms with E-state index in [1.165, 1.54) is 11.3 Å². The minimum Gasteiger partial charge on any atom is -0.480 e. The summed E-state index contributed by atoms with van der Waals surface area (Å²) in [7, 11) is -3.74. The molecule has 1 aromatic rings. The Morgan fingerprint density at radius 1 is 1.64 bits per heavy atom. The number of aliphatic carboxylic acids is 1. The summed E-state index contributed by atoms with van der Waals surface area (Å²) in [5.74, 6) is -2.30. The van der Waals surface area contributed by atoms with Crippen molar-refractivity contribution in [1.29, 1.82) is 0 Å². The summed E-state index contributed by atoms with van der Waals surface area (Å²) in [5.41, 5.74) is 2.14. The summed E-state index contributed by atoms with van der Waals surface area (Å²) in [5, 5.41) is 9.96. The van der Waals surface area contributed by atoms with Gasteiger partial charge in [0.1, 0.15) is 0 Å². The third kappa shape index (κ3) is 3.81. The number of carboxylic acid groups (broad SMARTS) is 1. The molecule has 0 saturated carbocycles. The molecule has 1 heterocycles. The average Bonchev–Trinajstić information content (AvgIpc) is 2.50. The van der Waals surface area contributed by atoms with Crippen LogP contribution in [0.5, 0.6) is 0 Å². The summed E-state index contributed by atoms with van der Waals surface area (Å²) in [4.78, 5) is 14.0. The molecule has 6 nitrogen and oxygen atoms in total. The lowest BCUT2D eigenvalue weighted by Crippen LogP contribution is -2.29. The van der Waals surface area contributed by atoms with Crippen LogP contribution < -0.4 is 4.72 Å². The van der Waals surface area contributed by atoms with Crippen LogP contribution in [0.3, 0.4) is 0 Å². The highest BCUT2D eigenvalue weighted by Crippen LogP contribution is 2.00. The fraction of sp³-hybridized carbons (Fsp3) is 0.333. The number of nitrogens with zero attached hydrogens (tertiary/aromatic N) is 1. The molecule has 0 spiro atoms. The van der Waals surface area contributed by atoms with Crippen molar-refractivity contribution in [1.82, 2.24) is 9.71 Å². The van der Waals surface area contributed by atoms with Gasteiger partial charge in [-0.1, -0.05) is 0 Å². The Bertz CT molecular complexity index is 397. The lowest BCUT2D eigenvalue weighted by atomic mass is 10.5. The first-order valence-corrected chi connectivity index (χ1v) is 6.15. The van der Waals surface area contributed by atoms with Crippen molar-refractivity contribution in [2.24, 2.45) is 0 Å². The van der Waals surface area contributed by atoms with E-state index >= 15 is 0 Å². The summed E-state index contributed by atoms with van der Waals surface area (Å²) < 4.78 is 24.2. The fourth-order valence-corrected chi connectivity index (χ4v) is 2.08. The number of hydrogen-bond acceptors (Lipinski definition) is 5. The molecule has 0 bridgehead atoms. The summed E-state index contributed by atoms with van der Waals surface area (Å²) in [6.45, 7) is 0.0269. The van der Waals surface area contributed by atoms with Gasteiger partial charge < -0.3 is 5.11 Å². The highest BCUT2D eigenvalue weighted by Gasteiger charge is 2.14. The second kappa shape index (κ2) is 4.49. The molecule has 2 N–H and O–H groups in total. The highest BCUT2D eigenvalue weighted by molar-refractivity contribution is 7.90.